The van der Waals surface area contributed by atoms with E-state index in [1.54, 1.807) is 0 Å². The number of carbonyl (C=O) groups is 1. The Hall–Kier alpha value is -1.51. The minimum atomic E-state index is -4.60. The van der Waals surface area contributed by atoms with Crippen molar-refractivity contribution in [3.8, 4) is 0 Å². The van der Waals surface area contributed by atoms with Crippen LogP contribution in [0.4, 0.5) is 13.2 Å². The maximum absolute atomic E-state index is 12.4. The Morgan fingerprint density at radius 1 is 1.53 bits per heavy atom. The van der Waals surface area contributed by atoms with Crippen LogP contribution in [-0.4, -0.2) is 43.3 Å². The molecule has 0 aromatic rings. The Morgan fingerprint density at radius 2 is 2.12 bits per heavy atom. The first-order chi connectivity index (χ1) is 7.82. The van der Waals surface area contributed by atoms with E-state index in [0.29, 0.717) is 0 Å². The molecule has 0 aliphatic carbocycles. The van der Waals surface area contributed by atoms with Gasteiger partial charge in [-0.25, -0.2) is 0 Å². The average molecular weight is 256 g/mol. The number of amides is 1. The highest BCUT2D eigenvalue weighted by Gasteiger charge is 2.42. The molecule has 6 nitrogen and oxygen atoms in total. The van der Waals surface area contributed by atoms with Gasteiger partial charge in [-0.2, -0.15) is 13.2 Å². The number of nitrogens with one attached hydrogen (secondary N) is 2. The summed E-state index contributed by atoms with van der Waals surface area (Å²) >= 11 is 0. The molecular weight excluding hydrogens is 241 g/mol. The third kappa shape index (κ3) is 5.95. The molecule has 0 bridgehead atoms. The van der Waals surface area contributed by atoms with Gasteiger partial charge in [-0.3, -0.25) is 4.79 Å². The van der Waals surface area contributed by atoms with E-state index in [1.165, 1.54) is 7.05 Å². The molecule has 0 rings (SSSR count). The smallest absolute Gasteiger partial charge is 0.400 e. The highest BCUT2D eigenvalue weighted by atomic mass is 19.4. The maximum Gasteiger partial charge on any atom is 0.400 e. The van der Waals surface area contributed by atoms with Crippen LogP contribution in [0.25, 0.3) is 0 Å². The van der Waals surface area contributed by atoms with Gasteiger partial charge in [0.2, 0.25) is 5.91 Å². The second-order valence-corrected chi connectivity index (χ2v) is 3.25. The SMILES string of the molecule is CNC(=O)CCNCC(C(N)=NO)C(F)(F)F. The van der Waals surface area contributed by atoms with E-state index in [-0.39, 0.29) is 18.9 Å². The van der Waals surface area contributed by atoms with Gasteiger partial charge < -0.3 is 21.6 Å². The second kappa shape index (κ2) is 6.94. The molecule has 0 aromatic carbocycles. The molecule has 0 aliphatic heterocycles. The number of hydrogen-bond donors (Lipinski definition) is 4. The van der Waals surface area contributed by atoms with Crippen LogP contribution in [0, 0.1) is 5.92 Å². The van der Waals surface area contributed by atoms with Gasteiger partial charge in [0.05, 0.1) is 0 Å². The number of amidine groups is 1. The lowest BCUT2D eigenvalue weighted by molar-refractivity contribution is -0.154. The average Bonchev–Trinajstić information content (AvgIpc) is 2.25. The predicted molar refractivity (Wildman–Crippen MR) is 54.5 cm³/mol. The van der Waals surface area contributed by atoms with Gasteiger partial charge in [0.25, 0.3) is 0 Å². The number of oxime groups is 1. The minimum absolute atomic E-state index is 0.0528. The van der Waals surface area contributed by atoms with Crippen molar-refractivity contribution in [1.82, 2.24) is 10.6 Å². The lowest BCUT2D eigenvalue weighted by Crippen LogP contribution is -2.43. The van der Waals surface area contributed by atoms with E-state index < -0.39 is 24.5 Å². The Morgan fingerprint density at radius 3 is 2.53 bits per heavy atom. The van der Waals surface area contributed by atoms with E-state index in [2.05, 4.69) is 15.8 Å². The number of hydrogen-bond acceptors (Lipinski definition) is 4. The van der Waals surface area contributed by atoms with Crippen molar-refractivity contribution < 1.29 is 23.2 Å². The van der Waals surface area contributed by atoms with Crippen molar-refractivity contribution in [3.63, 3.8) is 0 Å². The first kappa shape index (κ1) is 15.5. The standard InChI is InChI=1S/C8H15F3N4O2/c1-13-6(16)2-3-14-4-5(7(12)15-17)8(9,10)11/h5,14,17H,2-4H2,1H3,(H2,12,15)(H,13,16). The van der Waals surface area contributed by atoms with Crippen LogP contribution in [-0.2, 0) is 4.79 Å². The normalized spacial score (nSPS) is 14.5. The summed E-state index contributed by atoms with van der Waals surface area (Å²) in [6.07, 6.45) is -4.55. The van der Waals surface area contributed by atoms with Gasteiger partial charge in [-0.15, -0.1) is 0 Å². The number of nitrogens with zero attached hydrogens (tertiary/aromatic N) is 1. The van der Waals surface area contributed by atoms with Crippen molar-refractivity contribution in [2.45, 2.75) is 12.6 Å². The van der Waals surface area contributed by atoms with Gasteiger partial charge in [0.15, 0.2) is 5.84 Å². The number of rotatable bonds is 6. The molecule has 100 valence electrons. The zero-order valence-electron chi connectivity index (χ0n) is 9.21. The molecule has 0 fully saturated rings. The summed E-state index contributed by atoms with van der Waals surface area (Å²) in [5.41, 5.74) is 4.93. The monoisotopic (exact) mass is 256 g/mol. The van der Waals surface area contributed by atoms with Crippen LogP contribution < -0.4 is 16.4 Å². The largest absolute Gasteiger partial charge is 0.409 e. The molecular formula is C8H15F3N4O2. The van der Waals surface area contributed by atoms with Crippen LogP contribution in [0.1, 0.15) is 6.42 Å². The summed E-state index contributed by atoms with van der Waals surface area (Å²) < 4.78 is 37.3. The van der Waals surface area contributed by atoms with Crippen molar-refractivity contribution in [2.75, 3.05) is 20.1 Å². The van der Waals surface area contributed by atoms with E-state index in [4.69, 9.17) is 10.9 Å². The molecule has 0 aliphatic rings. The summed E-state index contributed by atoms with van der Waals surface area (Å²) in [6.45, 7) is -0.471. The van der Waals surface area contributed by atoms with Crippen molar-refractivity contribution in [1.29, 1.82) is 0 Å². The third-order valence-electron chi connectivity index (χ3n) is 2.02. The Balaban J connectivity index is 4.16. The lowest BCUT2D eigenvalue weighted by Gasteiger charge is -2.19. The Kier molecular flexibility index (Phi) is 6.33. The number of nitrogens with two attached hydrogens (primary N) is 1. The molecule has 0 spiro atoms. The molecule has 1 unspecified atom stereocenters. The summed E-state index contributed by atoms with van der Waals surface area (Å²) in [7, 11) is 1.43. The van der Waals surface area contributed by atoms with Crippen LogP contribution in [0.2, 0.25) is 0 Å². The molecule has 1 atom stereocenters. The molecule has 1 amide bonds. The van der Waals surface area contributed by atoms with Gasteiger partial charge >= 0.3 is 6.18 Å². The summed E-state index contributed by atoms with van der Waals surface area (Å²) in [5.74, 6) is -3.27. The van der Waals surface area contributed by atoms with E-state index >= 15 is 0 Å². The van der Waals surface area contributed by atoms with E-state index in [0.717, 1.165) is 0 Å². The molecule has 9 heteroatoms. The molecule has 0 radical (unpaired) electrons. The highest BCUT2D eigenvalue weighted by molar-refractivity contribution is 5.83. The highest BCUT2D eigenvalue weighted by Crippen LogP contribution is 2.25. The lowest BCUT2D eigenvalue weighted by atomic mass is 10.1. The van der Waals surface area contributed by atoms with Crippen molar-refractivity contribution in [2.24, 2.45) is 16.8 Å². The summed E-state index contributed by atoms with van der Waals surface area (Å²) in [6, 6.07) is 0. The first-order valence-electron chi connectivity index (χ1n) is 4.78. The Labute approximate surface area is 96.0 Å². The minimum Gasteiger partial charge on any atom is -0.409 e. The fourth-order valence-corrected chi connectivity index (χ4v) is 1.03. The van der Waals surface area contributed by atoms with E-state index in [9.17, 15) is 18.0 Å². The molecule has 5 N–H and O–H groups in total. The summed E-state index contributed by atoms with van der Waals surface area (Å²) in [4.78, 5) is 10.8. The fraction of sp³-hybridized carbons (Fsp3) is 0.750. The topological polar surface area (TPSA) is 99.7 Å². The van der Waals surface area contributed by atoms with Crippen LogP contribution in [0.15, 0.2) is 5.16 Å². The van der Waals surface area contributed by atoms with Gasteiger partial charge in [-0.1, -0.05) is 5.16 Å². The maximum atomic E-state index is 12.4. The molecule has 0 heterocycles. The molecule has 17 heavy (non-hydrogen) atoms. The third-order valence-corrected chi connectivity index (χ3v) is 2.02. The number of alkyl halides is 3. The van der Waals surface area contributed by atoms with Gasteiger partial charge in [0, 0.05) is 26.6 Å². The van der Waals surface area contributed by atoms with Crippen LogP contribution in [0.3, 0.4) is 0 Å². The quantitative estimate of drug-likeness (QED) is 0.171. The first-order valence-corrected chi connectivity index (χ1v) is 4.78. The number of halogens is 3. The molecule has 0 aromatic heterocycles. The predicted octanol–water partition coefficient (Wildman–Crippen LogP) is -0.363. The molecule has 0 saturated heterocycles. The van der Waals surface area contributed by atoms with Gasteiger partial charge in [-0.05, 0) is 0 Å². The van der Waals surface area contributed by atoms with E-state index in [1.807, 2.05) is 0 Å². The van der Waals surface area contributed by atoms with Crippen molar-refractivity contribution in [3.05, 3.63) is 0 Å². The molecule has 0 saturated carbocycles. The zero-order chi connectivity index (χ0) is 13.5. The van der Waals surface area contributed by atoms with Crippen LogP contribution in [0.5, 0.6) is 0 Å². The zero-order valence-corrected chi connectivity index (χ0v) is 9.21. The Bertz CT molecular complexity index is 280. The second-order valence-electron chi connectivity index (χ2n) is 3.25. The summed E-state index contributed by atoms with van der Waals surface area (Å²) in [5, 5.41) is 15.3. The van der Waals surface area contributed by atoms with Crippen LogP contribution >= 0.6 is 0 Å². The van der Waals surface area contributed by atoms with Gasteiger partial charge in [0.1, 0.15) is 5.92 Å². The number of carbonyl (C=O) groups excluding carboxylic acids is 1. The van der Waals surface area contributed by atoms with Crippen molar-refractivity contribution >= 4 is 11.7 Å². The fourth-order valence-electron chi connectivity index (χ4n) is 1.03.